The van der Waals surface area contributed by atoms with Gasteiger partial charge in [-0.15, -0.1) is 0 Å². The Morgan fingerprint density at radius 2 is 0.975 bits per heavy atom. The minimum absolute atomic E-state index is 0. The molecular formula is C53H73Br3Cl3F3N6O11. The highest BCUT2D eigenvalue weighted by Crippen LogP contribution is 2.38. The van der Waals surface area contributed by atoms with Gasteiger partial charge in [-0.25, -0.2) is 28.1 Å². The Morgan fingerprint density at radius 3 is 1.47 bits per heavy atom. The highest BCUT2D eigenvalue weighted by molar-refractivity contribution is 9.11. The molecule has 6 aromatic heterocycles. The number of aliphatic hydroxyl groups excluding tert-OH is 3. The van der Waals surface area contributed by atoms with Gasteiger partial charge in [0.15, 0.2) is 29.4 Å². The first-order valence-corrected chi connectivity index (χ1v) is 27.8. The molecule has 7 fully saturated rings. The lowest BCUT2D eigenvalue weighted by molar-refractivity contribution is -0.0392. The largest absolute Gasteiger partial charge is 0.470 e. The summed E-state index contributed by atoms with van der Waals surface area (Å²) in [5.41, 5.74) is 3.84. The first kappa shape index (κ1) is 69.1. The van der Waals surface area contributed by atoms with Gasteiger partial charge < -0.3 is 62.8 Å². The van der Waals surface area contributed by atoms with Gasteiger partial charge in [0.2, 0.25) is 0 Å². The second-order valence-corrected chi connectivity index (χ2v) is 21.8. The van der Waals surface area contributed by atoms with Crippen LogP contribution in [-0.2, 0) is 33.2 Å². The summed E-state index contributed by atoms with van der Waals surface area (Å²) in [5, 5.41) is 29.2. The topological polar surface area (TPSA) is 199 Å². The molecule has 17 nitrogen and oxygen atoms in total. The van der Waals surface area contributed by atoms with Gasteiger partial charge in [-0.2, -0.15) is 0 Å². The number of alkyl halides is 1. The minimum Gasteiger partial charge on any atom is -0.470 e. The van der Waals surface area contributed by atoms with Crippen LogP contribution in [0.4, 0.5) is 13.2 Å². The predicted octanol–water partition coefficient (Wildman–Crippen LogP) is 13.4. The molecule has 0 radical (unpaired) electrons. The zero-order valence-corrected chi connectivity index (χ0v) is 46.4. The quantitative estimate of drug-likeness (QED) is 0.0960. The lowest BCUT2D eigenvalue weighted by Gasteiger charge is -2.27. The summed E-state index contributed by atoms with van der Waals surface area (Å²) in [4.78, 5) is 15.1. The third kappa shape index (κ3) is 16.5. The number of nitrogens with zero attached hydrogens (tertiary/aromatic N) is 5. The van der Waals surface area contributed by atoms with E-state index in [-0.39, 0.29) is 119 Å². The molecule has 0 saturated carbocycles. The molecule has 0 spiro atoms. The van der Waals surface area contributed by atoms with Crippen molar-refractivity contribution in [3.63, 3.8) is 0 Å². The Balaban J connectivity index is 0.000000225. The number of fused-ring (bicyclic) bond motifs is 5. The van der Waals surface area contributed by atoms with Gasteiger partial charge in [0.25, 0.3) is 0 Å². The van der Waals surface area contributed by atoms with Gasteiger partial charge in [-0.3, -0.25) is 4.57 Å². The number of H-pyrrole nitrogens is 1. The molecule has 0 amide bonds. The summed E-state index contributed by atoms with van der Waals surface area (Å²) in [6, 6.07) is 9.39. The molecule has 3 unspecified atom stereocenters. The van der Waals surface area contributed by atoms with Gasteiger partial charge in [-0.05, 0) is 106 Å². The zero-order valence-electron chi connectivity index (χ0n) is 39.4. The van der Waals surface area contributed by atoms with Gasteiger partial charge in [0, 0.05) is 56.2 Å². The van der Waals surface area contributed by atoms with E-state index in [1.165, 1.54) is 31.0 Å². The van der Waals surface area contributed by atoms with Crippen LogP contribution in [0.15, 0.2) is 50.2 Å². The SMILES string of the molecule is C.C.C.C.C.ClC1CCCCO1.Fc1cc2[nH]c(Cl)cc2nc1Br.Fc1cc2c(cc(Cl)n2C2CCCCO2)nc1Br.O[C@@H]1CO[C@H]2[C@@H]1OC[C@H]2O.O[C@@H]1CO[C@H]2[C@@H]1OC[C@H]2Oc1cc2nc(Br)c(F)cc2n1C1CCCCO1. The normalized spacial score (nSPS) is 27.5. The molecule has 7 saturated heterocycles. The van der Waals surface area contributed by atoms with Crippen LogP contribution < -0.4 is 4.74 Å². The van der Waals surface area contributed by atoms with Crippen molar-refractivity contribution in [3.8, 4) is 5.88 Å². The van der Waals surface area contributed by atoms with Crippen LogP contribution in [0.2, 0.25) is 10.3 Å². The molecule has 13 rings (SSSR count). The van der Waals surface area contributed by atoms with Crippen LogP contribution in [-0.4, -0.2) is 145 Å². The second kappa shape index (κ2) is 31.5. The molecule has 13 heterocycles. The fourth-order valence-corrected chi connectivity index (χ4v) is 11.2. The van der Waals surface area contributed by atoms with Gasteiger partial charge >= 0.3 is 0 Å². The van der Waals surface area contributed by atoms with Crippen LogP contribution >= 0.6 is 82.6 Å². The van der Waals surface area contributed by atoms with E-state index in [0.717, 1.165) is 51.6 Å². The molecule has 79 heavy (non-hydrogen) atoms. The van der Waals surface area contributed by atoms with Crippen molar-refractivity contribution < 1.29 is 66.4 Å². The van der Waals surface area contributed by atoms with E-state index in [1.54, 1.807) is 18.2 Å². The summed E-state index contributed by atoms with van der Waals surface area (Å²) in [5.74, 6) is -0.688. The number of rotatable bonds is 4. The fourth-order valence-electron chi connectivity index (χ4n) is 9.51. The summed E-state index contributed by atoms with van der Waals surface area (Å²) >= 11 is 26.7. The van der Waals surface area contributed by atoms with Gasteiger partial charge in [0.1, 0.15) is 84.9 Å². The van der Waals surface area contributed by atoms with Crippen molar-refractivity contribution in [3.05, 3.63) is 78.0 Å². The number of aromatic amines is 1. The molecule has 7 aliphatic heterocycles. The molecule has 11 atom stereocenters. The molecule has 6 aromatic rings. The van der Waals surface area contributed by atoms with E-state index in [9.17, 15) is 18.3 Å². The van der Waals surface area contributed by atoms with E-state index < -0.39 is 35.8 Å². The Hall–Kier alpha value is -2.43. The smallest absolute Gasteiger partial charge is 0.198 e. The van der Waals surface area contributed by atoms with Crippen LogP contribution in [0.1, 0.15) is 107 Å². The van der Waals surface area contributed by atoms with E-state index in [2.05, 4.69) is 67.7 Å². The number of hydrogen-bond donors (Lipinski definition) is 4. The first-order valence-electron chi connectivity index (χ1n) is 24.2. The molecule has 444 valence electrons. The van der Waals surface area contributed by atoms with Crippen molar-refractivity contribution in [1.29, 1.82) is 0 Å². The van der Waals surface area contributed by atoms with Gasteiger partial charge in [-0.1, -0.05) is 71.9 Å². The monoisotopic (exact) mass is 1370 g/mol. The third-order valence-corrected chi connectivity index (χ3v) is 15.6. The van der Waals surface area contributed by atoms with Crippen LogP contribution in [0.3, 0.4) is 0 Å². The van der Waals surface area contributed by atoms with Crippen molar-refractivity contribution in [2.24, 2.45) is 0 Å². The Kier molecular flexibility index (Phi) is 27.5. The molecule has 0 aromatic carbocycles. The van der Waals surface area contributed by atoms with E-state index in [1.807, 2.05) is 9.13 Å². The van der Waals surface area contributed by atoms with Crippen molar-refractivity contribution in [2.75, 3.05) is 46.2 Å². The van der Waals surface area contributed by atoms with Crippen molar-refractivity contribution in [2.45, 2.75) is 162 Å². The van der Waals surface area contributed by atoms with Crippen molar-refractivity contribution in [1.82, 2.24) is 29.1 Å². The number of aliphatic hydroxyl groups is 3. The zero-order chi connectivity index (χ0) is 52.2. The van der Waals surface area contributed by atoms with Crippen LogP contribution in [0, 0.1) is 17.5 Å². The molecular weight excluding hydrogens is 1300 g/mol. The van der Waals surface area contributed by atoms with Crippen LogP contribution in [0.5, 0.6) is 5.88 Å². The number of hydrogen-bond acceptors (Lipinski definition) is 14. The lowest BCUT2D eigenvalue weighted by atomic mass is 10.1. The average molecular weight is 1370 g/mol. The predicted molar refractivity (Wildman–Crippen MR) is 311 cm³/mol. The Bertz CT molecular complexity index is 2810. The summed E-state index contributed by atoms with van der Waals surface area (Å²) in [7, 11) is 0. The average Bonchev–Trinajstić information content (AvgIpc) is 4.37. The third-order valence-electron chi connectivity index (χ3n) is 13.1. The van der Waals surface area contributed by atoms with E-state index >= 15 is 0 Å². The number of aromatic nitrogens is 6. The number of pyridine rings is 3. The first-order chi connectivity index (χ1) is 35.6. The maximum absolute atomic E-state index is 14.2. The van der Waals surface area contributed by atoms with Crippen LogP contribution in [0.25, 0.3) is 33.1 Å². The number of ether oxygens (including phenoxy) is 8. The minimum atomic E-state index is -0.636. The van der Waals surface area contributed by atoms with Gasteiger partial charge in [0.05, 0.1) is 59.5 Å². The molecule has 7 aliphatic rings. The fraction of sp³-hybridized carbons (Fsp3) is 0.604. The molecule has 4 N–H and O–H groups in total. The highest BCUT2D eigenvalue weighted by Gasteiger charge is 2.49. The maximum Gasteiger partial charge on any atom is 0.198 e. The summed E-state index contributed by atoms with van der Waals surface area (Å²) in [6.07, 6.45) is 5.61. The van der Waals surface area contributed by atoms with Crippen molar-refractivity contribution >= 4 is 116 Å². The Morgan fingerprint density at radius 1 is 0.532 bits per heavy atom. The number of halogens is 9. The van der Waals surface area contributed by atoms with E-state index in [4.69, 9.17) is 82.9 Å². The standard InChI is InChI=1S/C18H20BrFN2O5.C12H11BrClFN2O.C7H3BrClFN2.C6H10O4.C5H9ClO.5CH4/c19-18-9(20)5-11-10(21-18)6-15(22(11)14-3-1-2-4-24-14)27-13-8-26-16-12(23)7-25-17(13)16;13-12-7(15)5-9-8(16-12)6-10(14)17(9)11-3-1-2-4-18-11;8-7-3(10)1-4-5(12-7)2-6(9)11-4;7-3-1-9-6-4(8)2-10-5(3)6;6-5-3-1-2-4-7-5;;;;;/h5-6,12-14,16-17,23H,1-4,7-8H2;5-6,11H,1-4H2;1-2,11H;3-8H,1-2H2;5H,1-4H2;5*1H4/t12-,13-,14?,16-,17-;;;3-,4-,5-,6-;;;;;;/m1..1....../s1. The highest BCUT2D eigenvalue weighted by atomic mass is 79.9. The summed E-state index contributed by atoms with van der Waals surface area (Å²) < 4.78 is 89.2. The molecule has 0 bridgehead atoms. The molecule has 0 aliphatic carbocycles. The van der Waals surface area contributed by atoms with E-state index in [0.29, 0.717) is 69.1 Å². The second-order valence-electron chi connectivity index (χ2n) is 18.3. The lowest BCUT2D eigenvalue weighted by Crippen LogP contribution is -2.35. The Labute approximate surface area is 499 Å². The summed E-state index contributed by atoms with van der Waals surface area (Å²) in [6.45, 7) is 3.36. The maximum atomic E-state index is 14.2. The number of nitrogens with one attached hydrogen (secondary N) is 1. The molecule has 26 heteroatoms.